The average molecular weight is 271 g/mol. The highest BCUT2D eigenvalue weighted by Crippen LogP contribution is 2.26. The third-order valence-corrected chi connectivity index (χ3v) is 2.99. The summed E-state index contributed by atoms with van der Waals surface area (Å²) in [5.41, 5.74) is 1.93. The molecule has 0 amide bonds. The first kappa shape index (κ1) is 12.4. The van der Waals surface area contributed by atoms with Gasteiger partial charge >= 0.3 is 0 Å². The van der Waals surface area contributed by atoms with Crippen molar-refractivity contribution >= 4 is 23.2 Å². The Bertz CT molecular complexity index is 504. The van der Waals surface area contributed by atoms with E-state index in [4.69, 9.17) is 23.2 Å². The summed E-state index contributed by atoms with van der Waals surface area (Å²) in [5, 5.41) is 12.2. The van der Waals surface area contributed by atoms with Crippen LogP contribution in [0, 0.1) is 0 Å². The molecule has 0 radical (unpaired) electrons. The van der Waals surface area contributed by atoms with Crippen LogP contribution in [0.15, 0.2) is 24.4 Å². The zero-order valence-electron chi connectivity index (χ0n) is 9.48. The summed E-state index contributed by atoms with van der Waals surface area (Å²) in [7, 11) is 3.71. The van der Waals surface area contributed by atoms with Crippen molar-refractivity contribution in [3.8, 4) is 0 Å². The van der Waals surface area contributed by atoms with Crippen LogP contribution in [0.4, 0.5) is 0 Å². The minimum absolute atomic E-state index is 0.0359. The van der Waals surface area contributed by atoms with Crippen molar-refractivity contribution in [1.29, 1.82) is 0 Å². The van der Waals surface area contributed by atoms with Crippen LogP contribution in [0.5, 0.6) is 0 Å². The van der Waals surface area contributed by atoms with Gasteiger partial charge in [0.1, 0.15) is 0 Å². The molecular formula is C11H12Cl2N4. The molecule has 0 saturated carbocycles. The molecule has 0 spiro atoms. The maximum Gasteiger partial charge on any atom is 0.0798 e. The zero-order chi connectivity index (χ0) is 12.4. The summed E-state index contributed by atoms with van der Waals surface area (Å²) in [6, 6.07) is 5.43. The van der Waals surface area contributed by atoms with Gasteiger partial charge in [-0.1, -0.05) is 28.4 Å². The molecule has 1 N–H and O–H groups in total. The number of aromatic nitrogens is 3. The molecule has 2 rings (SSSR count). The smallest absolute Gasteiger partial charge is 0.0798 e. The van der Waals surface area contributed by atoms with Gasteiger partial charge in [-0.3, -0.25) is 4.68 Å². The van der Waals surface area contributed by atoms with Gasteiger partial charge in [0.15, 0.2) is 0 Å². The highest BCUT2D eigenvalue weighted by atomic mass is 35.5. The lowest BCUT2D eigenvalue weighted by Crippen LogP contribution is -2.20. The van der Waals surface area contributed by atoms with E-state index in [1.54, 1.807) is 16.9 Å². The molecule has 4 nitrogen and oxygen atoms in total. The molecule has 1 atom stereocenters. The van der Waals surface area contributed by atoms with E-state index >= 15 is 0 Å². The number of halogens is 2. The van der Waals surface area contributed by atoms with E-state index in [1.165, 1.54) is 0 Å². The number of nitrogens with zero attached hydrogens (tertiary/aromatic N) is 3. The van der Waals surface area contributed by atoms with Crippen LogP contribution >= 0.6 is 23.2 Å². The second kappa shape index (κ2) is 5.04. The van der Waals surface area contributed by atoms with E-state index in [-0.39, 0.29) is 6.04 Å². The van der Waals surface area contributed by atoms with Gasteiger partial charge in [-0.25, -0.2) is 0 Å². The van der Waals surface area contributed by atoms with Gasteiger partial charge in [0, 0.05) is 17.1 Å². The number of rotatable bonds is 3. The van der Waals surface area contributed by atoms with Crippen LogP contribution in [0.2, 0.25) is 10.0 Å². The third kappa shape index (κ3) is 2.60. The predicted octanol–water partition coefficient (Wildman–Crippen LogP) is 2.43. The summed E-state index contributed by atoms with van der Waals surface area (Å²) in [4.78, 5) is 0. The molecule has 6 heteroatoms. The number of nitrogens with one attached hydrogen (secondary N) is 1. The fourth-order valence-corrected chi connectivity index (χ4v) is 2.33. The van der Waals surface area contributed by atoms with E-state index < -0.39 is 0 Å². The molecule has 2 aromatic rings. The Labute approximate surface area is 110 Å². The Morgan fingerprint density at radius 3 is 2.35 bits per heavy atom. The maximum absolute atomic E-state index is 6.00. The molecule has 0 fully saturated rings. The van der Waals surface area contributed by atoms with Crippen molar-refractivity contribution in [3.05, 3.63) is 45.7 Å². The van der Waals surface area contributed by atoms with Gasteiger partial charge in [-0.15, -0.1) is 5.10 Å². The molecule has 0 saturated heterocycles. The largest absolute Gasteiger partial charge is 0.308 e. The predicted molar refractivity (Wildman–Crippen MR) is 68.4 cm³/mol. The Morgan fingerprint density at radius 1 is 1.24 bits per heavy atom. The van der Waals surface area contributed by atoms with Gasteiger partial charge < -0.3 is 5.32 Å². The van der Waals surface area contributed by atoms with E-state index in [0.717, 1.165) is 11.3 Å². The highest BCUT2D eigenvalue weighted by molar-refractivity contribution is 6.34. The van der Waals surface area contributed by atoms with Crippen molar-refractivity contribution in [1.82, 2.24) is 20.3 Å². The number of hydrogen-bond acceptors (Lipinski definition) is 3. The molecule has 1 heterocycles. The van der Waals surface area contributed by atoms with Crippen LogP contribution in [0.1, 0.15) is 17.3 Å². The molecule has 17 heavy (non-hydrogen) atoms. The van der Waals surface area contributed by atoms with E-state index in [9.17, 15) is 0 Å². The molecule has 0 bridgehead atoms. The summed E-state index contributed by atoms with van der Waals surface area (Å²) >= 11 is 12.0. The first-order valence-electron chi connectivity index (χ1n) is 5.09. The van der Waals surface area contributed by atoms with Crippen LogP contribution in [-0.2, 0) is 7.05 Å². The fourth-order valence-electron chi connectivity index (χ4n) is 1.79. The normalized spacial score (nSPS) is 12.7. The quantitative estimate of drug-likeness (QED) is 0.932. The molecule has 0 aliphatic carbocycles. The van der Waals surface area contributed by atoms with Gasteiger partial charge in [0.05, 0.1) is 17.9 Å². The van der Waals surface area contributed by atoms with Gasteiger partial charge in [-0.2, -0.15) is 0 Å². The fraction of sp³-hybridized carbons (Fsp3) is 0.273. The highest BCUT2D eigenvalue weighted by Gasteiger charge is 2.17. The molecule has 90 valence electrons. The van der Waals surface area contributed by atoms with Gasteiger partial charge in [0.25, 0.3) is 0 Å². The molecule has 1 aromatic heterocycles. The lowest BCUT2D eigenvalue weighted by atomic mass is 10.0. The van der Waals surface area contributed by atoms with Crippen LogP contribution in [0.25, 0.3) is 0 Å². The SMILES string of the molecule is CNC(c1cc(Cl)cc(Cl)c1)c1cnnn1C. The maximum atomic E-state index is 6.00. The lowest BCUT2D eigenvalue weighted by Gasteiger charge is -2.16. The van der Waals surface area contributed by atoms with E-state index in [0.29, 0.717) is 10.0 Å². The summed E-state index contributed by atoms with van der Waals surface area (Å²) in [6.45, 7) is 0. The van der Waals surface area contributed by atoms with Crippen molar-refractivity contribution in [2.75, 3.05) is 7.05 Å². The topological polar surface area (TPSA) is 42.7 Å². The second-order valence-corrected chi connectivity index (χ2v) is 4.58. The van der Waals surface area contributed by atoms with Crippen molar-refractivity contribution < 1.29 is 0 Å². The van der Waals surface area contributed by atoms with Crippen LogP contribution in [0.3, 0.4) is 0 Å². The molecular weight excluding hydrogens is 259 g/mol. The minimum Gasteiger partial charge on any atom is -0.308 e. The molecule has 1 aromatic carbocycles. The number of hydrogen-bond donors (Lipinski definition) is 1. The van der Waals surface area contributed by atoms with E-state index in [1.807, 2.05) is 26.2 Å². The summed E-state index contributed by atoms with van der Waals surface area (Å²) < 4.78 is 1.72. The average Bonchev–Trinajstić information content (AvgIpc) is 2.65. The molecule has 0 aliphatic heterocycles. The lowest BCUT2D eigenvalue weighted by molar-refractivity contribution is 0.598. The van der Waals surface area contributed by atoms with E-state index in [2.05, 4.69) is 15.6 Å². The summed E-state index contributed by atoms with van der Waals surface area (Å²) in [5.74, 6) is 0. The Kier molecular flexibility index (Phi) is 3.66. The minimum atomic E-state index is -0.0359. The zero-order valence-corrected chi connectivity index (χ0v) is 11.0. The standard InChI is InChI=1S/C11H12Cl2N4/c1-14-11(10-6-15-16-17(10)2)7-3-8(12)5-9(13)4-7/h3-6,11,14H,1-2H3. The van der Waals surface area contributed by atoms with Crippen molar-refractivity contribution in [2.45, 2.75) is 6.04 Å². The number of benzene rings is 1. The van der Waals surface area contributed by atoms with Crippen molar-refractivity contribution in [2.24, 2.45) is 7.05 Å². The Morgan fingerprint density at radius 2 is 1.88 bits per heavy atom. The number of aryl methyl sites for hydroxylation is 1. The monoisotopic (exact) mass is 270 g/mol. The third-order valence-electron chi connectivity index (χ3n) is 2.55. The first-order valence-corrected chi connectivity index (χ1v) is 5.85. The van der Waals surface area contributed by atoms with Crippen molar-refractivity contribution in [3.63, 3.8) is 0 Å². The summed E-state index contributed by atoms with van der Waals surface area (Å²) in [6.07, 6.45) is 1.72. The molecule has 1 unspecified atom stereocenters. The second-order valence-electron chi connectivity index (χ2n) is 3.71. The molecule has 0 aliphatic rings. The first-order chi connectivity index (χ1) is 8.11. The Balaban J connectivity index is 2.45. The van der Waals surface area contributed by atoms with Gasteiger partial charge in [0.2, 0.25) is 0 Å². The van der Waals surface area contributed by atoms with Gasteiger partial charge in [-0.05, 0) is 30.8 Å². The van der Waals surface area contributed by atoms with Crippen LogP contribution < -0.4 is 5.32 Å². The van der Waals surface area contributed by atoms with Crippen LogP contribution in [-0.4, -0.2) is 22.0 Å². The Hall–Kier alpha value is -1.10.